The van der Waals surface area contributed by atoms with Gasteiger partial charge < -0.3 is 5.32 Å². The quantitative estimate of drug-likeness (QED) is 0.634. The molecule has 0 bridgehead atoms. The van der Waals surface area contributed by atoms with E-state index >= 15 is 0 Å². The zero-order chi connectivity index (χ0) is 11.5. The Balaban J connectivity index is 2.32. The van der Waals surface area contributed by atoms with Crippen LogP contribution >= 0.6 is 11.8 Å². The van der Waals surface area contributed by atoms with Gasteiger partial charge in [0.15, 0.2) is 5.16 Å². The summed E-state index contributed by atoms with van der Waals surface area (Å²) in [5, 5.41) is 4.45. The third-order valence-electron chi connectivity index (χ3n) is 3.15. The second-order valence-corrected chi connectivity index (χ2v) is 5.07. The van der Waals surface area contributed by atoms with Crippen molar-refractivity contribution >= 4 is 11.8 Å². The van der Waals surface area contributed by atoms with Crippen LogP contribution in [0.15, 0.2) is 5.16 Å². The first-order chi connectivity index (χ1) is 7.72. The fraction of sp³-hybridized carbons (Fsp3) is 0.667. The van der Waals surface area contributed by atoms with E-state index in [1.54, 1.807) is 11.8 Å². The molecule has 88 valence electrons. The van der Waals surface area contributed by atoms with Gasteiger partial charge in [-0.05, 0) is 39.5 Å². The van der Waals surface area contributed by atoms with Crippen molar-refractivity contribution in [3.05, 3.63) is 17.0 Å². The molecule has 16 heavy (non-hydrogen) atoms. The highest BCUT2D eigenvalue weighted by Gasteiger charge is 2.20. The lowest BCUT2D eigenvalue weighted by Gasteiger charge is -2.26. The van der Waals surface area contributed by atoms with Crippen LogP contribution in [0.25, 0.3) is 0 Å². The van der Waals surface area contributed by atoms with Crippen molar-refractivity contribution in [3.8, 4) is 0 Å². The Morgan fingerprint density at radius 2 is 1.88 bits per heavy atom. The van der Waals surface area contributed by atoms with Gasteiger partial charge in [-0.1, -0.05) is 18.2 Å². The predicted molar refractivity (Wildman–Crippen MR) is 67.9 cm³/mol. The summed E-state index contributed by atoms with van der Waals surface area (Å²) < 4.78 is 0. The molecule has 0 saturated carbocycles. The van der Waals surface area contributed by atoms with Gasteiger partial charge in [0.25, 0.3) is 0 Å². The molecular formula is C12H19N3S. The molecule has 3 nitrogen and oxygen atoms in total. The SMILES string of the molecule is CSc1nc(C)c(C2CCCCN2)c(C)n1. The van der Waals surface area contributed by atoms with Crippen LogP contribution < -0.4 is 5.32 Å². The molecule has 1 aliphatic rings. The predicted octanol–water partition coefficient (Wildman–Crippen LogP) is 2.63. The van der Waals surface area contributed by atoms with Crippen LogP contribution in [0.3, 0.4) is 0 Å². The van der Waals surface area contributed by atoms with E-state index in [0.29, 0.717) is 6.04 Å². The van der Waals surface area contributed by atoms with Crippen molar-refractivity contribution < 1.29 is 0 Å². The molecule has 1 saturated heterocycles. The normalized spacial score (nSPS) is 21.1. The van der Waals surface area contributed by atoms with Crippen molar-refractivity contribution in [3.63, 3.8) is 0 Å². The number of thioether (sulfide) groups is 1. The maximum absolute atomic E-state index is 4.54. The molecule has 0 aromatic carbocycles. The largest absolute Gasteiger partial charge is 0.310 e. The molecule has 1 N–H and O–H groups in total. The molecule has 0 radical (unpaired) electrons. The fourth-order valence-corrected chi connectivity index (χ4v) is 2.84. The molecule has 0 aliphatic carbocycles. The van der Waals surface area contributed by atoms with E-state index in [-0.39, 0.29) is 0 Å². The maximum Gasteiger partial charge on any atom is 0.187 e. The average Bonchev–Trinajstić information content (AvgIpc) is 2.29. The number of rotatable bonds is 2. The summed E-state index contributed by atoms with van der Waals surface area (Å²) in [4.78, 5) is 9.08. The Bertz CT molecular complexity index is 350. The van der Waals surface area contributed by atoms with Gasteiger partial charge in [-0.3, -0.25) is 0 Å². The van der Waals surface area contributed by atoms with Crippen LogP contribution in [-0.2, 0) is 0 Å². The molecule has 2 rings (SSSR count). The molecule has 1 unspecified atom stereocenters. The Morgan fingerprint density at radius 1 is 1.19 bits per heavy atom. The number of nitrogens with one attached hydrogen (secondary N) is 1. The Labute approximate surface area is 101 Å². The van der Waals surface area contributed by atoms with Gasteiger partial charge in [0, 0.05) is 23.0 Å². The monoisotopic (exact) mass is 237 g/mol. The lowest BCUT2D eigenvalue weighted by Crippen LogP contribution is -2.28. The third-order valence-corrected chi connectivity index (χ3v) is 3.70. The van der Waals surface area contributed by atoms with E-state index in [9.17, 15) is 0 Å². The first-order valence-corrected chi connectivity index (χ1v) is 7.07. The first-order valence-electron chi connectivity index (χ1n) is 5.85. The highest BCUT2D eigenvalue weighted by Crippen LogP contribution is 2.27. The lowest BCUT2D eigenvalue weighted by atomic mass is 9.95. The Hall–Kier alpha value is -0.610. The molecule has 2 heterocycles. The highest BCUT2D eigenvalue weighted by atomic mass is 32.2. The van der Waals surface area contributed by atoms with Crippen molar-refractivity contribution in [1.29, 1.82) is 0 Å². The summed E-state index contributed by atoms with van der Waals surface area (Å²) >= 11 is 1.61. The Morgan fingerprint density at radius 3 is 2.38 bits per heavy atom. The molecule has 1 aromatic rings. The molecule has 0 amide bonds. The number of hydrogen-bond donors (Lipinski definition) is 1. The average molecular weight is 237 g/mol. The molecule has 1 atom stereocenters. The van der Waals surface area contributed by atoms with E-state index in [2.05, 4.69) is 29.1 Å². The zero-order valence-electron chi connectivity index (χ0n) is 10.2. The molecule has 4 heteroatoms. The number of aromatic nitrogens is 2. The summed E-state index contributed by atoms with van der Waals surface area (Å²) in [5.41, 5.74) is 3.59. The molecule has 1 fully saturated rings. The second kappa shape index (κ2) is 5.15. The molecule has 0 spiro atoms. The van der Waals surface area contributed by atoms with Gasteiger partial charge in [-0.25, -0.2) is 9.97 Å². The summed E-state index contributed by atoms with van der Waals surface area (Å²) in [5.74, 6) is 0. The van der Waals surface area contributed by atoms with Crippen molar-refractivity contribution in [2.24, 2.45) is 0 Å². The van der Waals surface area contributed by atoms with E-state index in [4.69, 9.17) is 0 Å². The molecular weight excluding hydrogens is 218 g/mol. The lowest BCUT2D eigenvalue weighted by molar-refractivity contribution is 0.406. The highest BCUT2D eigenvalue weighted by molar-refractivity contribution is 7.98. The van der Waals surface area contributed by atoms with Gasteiger partial charge in [0.2, 0.25) is 0 Å². The summed E-state index contributed by atoms with van der Waals surface area (Å²) in [6, 6.07) is 0.463. The van der Waals surface area contributed by atoms with Gasteiger partial charge in [0.05, 0.1) is 0 Å². The van der Waals surface area contributed by atoms with Crippen LogP contribution in [0.5, 0.6) is 0 Å². The smallest absolute Gasteiger partial charge is 0.187 e. The van der Waals surface area contributed by atoms with E-state index < -0.39 is 0 Å². The summed E-state index contributed by atoms with van der Waals surface area (Å²) in [6.07, 6.45) is 5.83. The molecule has 1 aromatic heterocycles. The molecule has 1 aliphatic heterocycles. The maximum atomic E-state index is 4.54. The van der Waals surface area contributed by atoms with Crippen LogP contribution in [0.1, 0.15) is 42.3 Å². The fourth-order valence-electron chi connectivity index (χ4n) is 2.39. The number of piperidine rings is 1. The summed E-state index contributed by atoms with van der Waals surface area (Å²) in [7, 11) is 0. The standard InChI is InChI=1S/C12H19N3S/c1-8-11(10-6-4-5-7-13-10)9(2)15-12(14-8)16-3/h10,13H,4-7H2,1-3H3. The second-order valence-electron chi connectivity index (χ2n) is 4.30. The number of hydrogen-bond acceptors (Lipinski definition) is 4. The van der Waals surface area contributed by atoms with E-state index in [0.717, 1.165) is 23.1 Å². The van der Waals surface area contributed by atoms with Gasteiger partial charge in [-0.15, -0.1) is 0 Å². The van der Waals surface area contributed by atoms with Crippen LogP contribution in [0.4, 0.5) is 0 Å². The van der Waals surface area contributed by atoms with Gasteiger partial charge in [0.1, 0.15) is 0 Å². The third kappa shape index (κ3) is 2.38. The Kier molecular flexibility index (Phi) is 3.82. The number of aryl methyl sites for hydroxylation is 2. The van der Waals surface area contributed by atoms with E-state index in [1.807, 2.05) is 6.26 Å². The van der Waals surface area contributed by atoms with Gasteiger partial charge >= 0.3 is 0 Å². The van der Waals surface area contributed by atoms with Gasteiger partial charge in [-0.2, -0.15) is 0 Å². The van der Waals surface area contributed by atoms with Crippen LogP contribution in [0.2, 0.25) is 0 Å². The van der Waals surface area contributed by atoms with Crippen molar-refractivity contribution in [1.82, 2.24) is 15.3 Å². The minimum Gasteiger partial charge on any atom is -0.310 e. The summed E-state index contributed by atoms with van der Waals surface area (Å²) in [6.45, 7) is 5.31. The van der Waals surface area contributed by atoms with Crippen molar-refractivity contribution in [2.45, 2.75) is 44.3 Å². The first kappa shape index (κ1) is 11.9. The minimum absolute atomic E-state index is 0.463. The van der Waals surface area contributed by atoms with Crippen molar-refractivity contribution in [2.75, 3.05) is 12.8 Å². The number of nitrogens with zero attached hydrogens (tertiary/aromatic N) is 2. The van der Waals surface area contributed by atoms with Crippen LogP contribution in [0, 0.1) is 13.8 Å². The minimum atomic E-state index is 0.463. The van der Waals surface area contributed by atoms with E-state index in [1.165, 1.54) is 24.8 Å². The van der Waals surface area contributed by atoms with Crippen LogP contribution in [-0.4, -0.2) is 22.8 Å². The zero-order valence-corrected chi connectivity index (χ0v) is 11.0. The topological polar surface area (TPSA) is 37.8 Å².